The van der Waals surface area contributed by atoms with Crippen molar-refractivity contribution in [3.63, 3.8) is 0 Å². The Bertz CT molecular complexity index is 4440. The lowest BCUT2D eigenvalue weighted by molar-refractivity contribution is -0.210. The standard InChI is InChI=1S/C85H88O12/c1-48(44-87)64-40-71-62-26-21-52-38-65(62)55(42-82(71)32-6-7-33-82)43-83-34-10-35-84(73(83)41-66-59-15-4-2-11-49(59)22-29-69(66)83)79(96-80(64)91)78(76-72(97-84)30-28-63-67(45-88)75(81(92)95-77(63)76)53(31-36-86)46-93-47-89)94-74(90)39-54-37-51(20-25-58(52)54)60-16-9-18-70-61(60)27-24-57-14-8-13-56-23-19-50-12-3-5-17-68(50)85(56,57)70/h2-5,9-12,15-23,25-26,28-30,34,38,51,53-58,66,69,71,73,78-79,86-89H,6-8,13-14,24,27,31-33,35-37,39-47H2,1H3/b64-48-/t51-,53-,54-,55-,56+,57+,58+,66-,69+,71+,73+,78-,79+,83+,84+,85+/m1/s1. The number of hydrogen-bond acceptors (Lipinski definition) is 12. The topological polar surface area (TPSA) is 182 Å². The lowest BCUT2D eigenvalue weighted by Crippen LogP contribution is -2.64. The van der Waals surface area contributed by atoms with E-state index in [0.717, 1.165) is 57.8 Å². The summed E-state index contributed by atoms with van der Waals surface area (Å²) in [4.78, 5) is 48.0. The predicted molar refractivity (Wildman–Crippen MR) is 370 cm³/mol. The Morgan fingerprint density at radius 2 is 1.59 bits per heavy atom. The van der Waals surface area contributed by atoms with E-state index < -0.39 is 60.1 Å². The zero-order chi connectivity index (χ0) is 65.7. The molecule has 3 fully saturated rings. The van der Waals surface area contributed by atoms with E-state index in [1.54, 1.807) is 6.07 Å². The van der Waals surface area contributed by atoms with Gasteiger partial charge in [0.1, 0.15) is 18.1 Å². The second kappa shape index (κ2) is 23.6. The number of carbonyl (C=O) groups excluding carboxylic acids is 2. The molecule has 8 bridgehead atoms. The number of aliphatic hydroxyl groups excluding tert-OH is 4. The molecule has 18 rings (SSSR count). The maximum atomic E-state index is 16.5. The molecule has 1 aromatic heterocycles. The van der Waals surface area contributed by atoms with Crippen LogP contribution >= 0.6 is 0 Å². The number of benzene rings is 5. The number of hydrogen-bond donors (Lipinski definition) is 4. The highest BCUT2D eigenvalue weighted by molar-refractivity contribution is 5.91. The van der Waals surface area contributed by atoms with E-state index in [2.05, 4.69) is 134 Å². The van der Waals surface area contributed by atoms with Crippen LogP contribution in [0.2, 0.25) is 0 Å². The molecule has 12 aliphatic rings. The number of rotatable bonds is 9. The Balaban J connectivity index is 0.872. The van der Waals surface area contributed by atoms with Gasteiger partial charge in [-0.05, 0) is 210 Å². The number of ether oxygens (including phenoxy) is 4. The summed E-state index contributed by atoms with van der Waals surface area (Å²) >= 11 is 0. The van der Waals surface area contributed by atoms with Gasteiger partial charge in [-0.25, -0.2) is 9.59 Å². The lowest BCUT2D eigenvalue weighted by Gasteiger charge is -2.57. The van der Waals surface area contributed by atoms with Crippen LogP contribution in [-0.4, -0.2) is 70.7 Å². The first-order chi connectivity index (χ1) is 47.4. The largest absolute Gasteiger partial charge is 0.482 e. The Kier molecular flexibility index (Phi) is 15.1. The van der Waals surface area contributed by atoms with Crippen LogP contribution < -0.4 is 10.4 Å². The molecule has 6 aromatic rings. The van der Waals surface area contributed by atoms with E-state index in [0.29, 0.717) is 59.8 Å². The monoisotopic (exact) mass is 1300 g/mol. The average molecular weight is 1300 g/mol. The highest BCUT2D eigenvalue weighted by atomic mass is 16.6. The van der Waals surface area contributed by atoms with Gasteiger partial charge in [0, 0.05) is 70.5 Å². The molecule has 4 N–H and O–H groups in total. The normalized spacial score (nSPS) is 34.1. The SMILES string of the molecule is C/C(CO)=C1\C[C@H]2c3ccc4cc3[C@H](CC23CCCC3)C[C@]23C=CC[C@]5(Oc6ccc7c(CO)c([C@H](CCO)COCO)c(=O)oc7c6[C@@H](OC(=O)C[C@H]6C[C@H](c7cccc8c7CC[C@@H]7CCC[C@H]9C=Cc%10ccccc%10[C@@]879)C=C[C@@H]46)[C@@H]5OC1=O)[C@H]2C[C@@H]1c2ccccc2C=C[C@@H]13. The number of carbonyl (C=O) groups is 2. The molecule has 4 heterocycles. The third-order valence-electron chi connectivity index (χ3n) is 27.4. The Morgan fingerprint density at radius 3 is 2.43 bits per heavy atom. The zero-order valence-corrected chi connectivity index (χ0v) is 55.5. The Morgan fingerprint density at radius 1 is 0.763 bits per heavy atom. The molecule has 0 radical (unpaired) electrons. The van der Waals surface area contributed by atoms with Crippen LogP contribution in [0.25, 0.3) is 23.1 Å². The van der Waals surface area contributed by atoms with Gasteiger partial charge in [0.05, 0.1) is 25.4 Å². The van der Waals surface area contributed by atoms with Gasteiger partial charge in [0.15, 0.2) is 17.8 Å². The second-order valence-corrected chi connectivity index (χ2v) is 31.3. The summed E-state index contributed by atoms with van der Waals surface area (Å²) in [6.07, 6.45) is 30.3. The van der Waals surface area contributed by atoms with Gasteiger partial charge >= 0.3 is 17.6 Å². The molecule has 12 nitrogen and oxygen atoms in total. The summed E-state index contributed by atoms with van der Waals surface area (Å²) in [5, 5.41) is 43.5. The smallest absolute Gasteiger partial charge is 0.340 e. The molecule has 3 aliphatic heterocycles. The van der Waals surface area contributed by atoms with E-state index in [-0.39, 0.29) is 113 Å². The van der Waals surface area contributed by atoms with Crippen LogP contribution in [0.15, 0.2) is 154 Å². The van der Waals surface area contributed by atoms with Gasteiger partial charge in [0.2, 0.25) is 0 Å². The summed E-state index contributed by atoms with van der Waals surface area (Å²) in [6.45, 7) is -0.207. The van der Waals surface area contributed by atoms with E-state index in [9.17, 15) is 20.4 Å². The van der Waals surface area contributed by atoms with Crippen molar-refractivity contribution < 1.29 is 53.4 Å². The zero-order valence-electron chi connectivity index (χ0n) is 55.5. The van der Waals surface area contributed by atoms with Crippen LogP contribution in [0.3, 0.4) is 0 Å². The van der Waals surface area contributed by atoms with E-state index in [1.165, 1.54) is 68.5 Å². The molecule has 12 heteroatoms. The molecule has 16 atom stereocenters. The number of esters is 2. The molecule has 5 aromatic carbocycles. The fourth-order valence-electron chi connectivity index (χ4n) is 23.6. The quantitative estimate of drug-likeness (QED) is 0.0354. The molecular weight excluding hydrogens is 1210 g/mol. The summed E-state index contributed by atoms with van der Waals surface area (Å²) in [7, 11) is 0. The number of allylic oxidation sites excluding steroid dienone is 5. The van der Waals surface area contributed by atoms with E-state index in [1.807, 2.05) is 13.0 Å². The molecular formula is C85H88O12. The molecule has 500 valence electrons. The molecule has 0 amide bonds. The molecule has 9 aliphatic carbocycles. The first kappa shape index (κ1) is 61.8. The summed E-state index contributed by atoms with van der Waals surface area (Å²) in [5.74, 6) is -1.30. The molecule has 3 spiro atoms. The van der Waals surface area contributed by atoms with Gasteiger partial charge in [0.25, 0.3) is 0 Å². The average Bonchev–Trinajstić information content (AvgIpc) is 1.64. The van der Waals surface area contributed by atoms with Crippen molar-refractivity contribution in [3.05, 3.63) is 227 Å². The minimum atomic E-state index is -1.42. The van der Waals surface area contributed by atoms with Crippen LogP contribution in [0.4, 0.5) is 0 Å². The summed E-state index contributed by atoms with van der Waals surface area (Å²) < 4.78 is 35.0. The first-order valence-electron chi connectivity index (χ1n) is 36.5. The maximum absolute atomic E-state index is 16.5. The van der Waals surface area contributed by atoms with Crippen molar-refractivity contribution in [2.75, 3.05) is 26.6 Å². The lowest BCUT2D eigenvalue weighted by atomic mass is 9.48. The fraction of sp³-hybridized carbons (Fsp3) is 0.471. The second-order valence-electron chi connectivity index (χ2n) is 31.3. The van der Waals surface area contributed by atoms with Crippen LogP contribution in [0, 0.1) is 40.4 Å². The van der Waals surface area contributed by atoms with Gasteiger partial charge < -0.3 is 43.8 Å². The predicted octanol–water partition coefficient (Wildman–Crippen LogP) is 15.2. The van der Waals surface area contributed by atoms with Crippen LogP contribution in [0.1, 0.15) is 224 Å². The number of fused-ring (bicyclic) bond motifs is 13. The van der Waals surface area contributed by atoms with Crippen molar-refractivity contribution in [1.29, 1.82) is 0 Å². The number of aliphatic hydroxyl groups is 4. The maximum Gasteiger partial charge on any atom is 0.340 e. The van der Waals surface area contributed by atoms with Gasteiger partial charge in [-0.2, -0.15) is 0 Å². The van der Waals surface area contributed by atoms with Crippen LogP contribution in [-0.2, 0) is 42.2 Å². The third-order valence-corrected chi connectivity index (χ3v) is 27.4. The molecule has 3 saturated carbocycles. The molecule has 0 saturated heterocycles. The molecule has 0 unspecified atom stereocenters. The fourth-order valence-corrected chi connectivity index (χ4v) is 23.6. The first-order valence-corrected chi connectivity index (χ1v) is 36.5. The highest BCUT2D eigenvalue weighted by Crippen LogP contribution is 2.72. The van der Waals surface area contributed by atoms with Gasteiger partial charge in [-0.15, -0.1) is 0 Å². The van der Waals surface area contributed by atoms with E-state index >= 15 is 14.4 Å². The highest BCUT2D eigenvalue weighted by Gasteiger charge is 2.70. The van der Waals surface area contributed by atoms with Crippen LogP contribution in [0.5, 0.6) is 5.75 Å². The van der Waals surface area contributed by atoms with Crippen molar-refractivity contribution in [2.45, 2.75) is 181 Å². The van der Waals surface area contributed by atoms with E-state index in [4.69, 9.17) is 23.4 Å². The summed E-state index contributed by atoms with van der Waals surface area (Å²) in [6, 6.07) is 35.8. The van der Waals surface area contributed by atoms with Crippen molar-refractivity contribution in [2.24, 2.45) is 40.4 Å². The molecule has 97 heavy (non-hydrogen) atoms. The Labute approximate surface area is 567 Å². The van der Waals surface area contributed by atoms with Gasteiger partial charge in [-0.1, -0.05) is 153 Å². The minimum absolute atomic E-state index is 0.00641. The Hall–Kier alpha value is -7.45. The van der Waals surface area contributed by atoms with Crippen molar-refractivity contribution in [3.8, 4) is 5.75 Å². The van der Waals surface area contributed by atoms with Gasteiger partial charge in [-0.3, -0.25) is 4.79 Å². The summed E-state index contributed by atoms with van der Waals surface area (Å²) in [5.41, 5.74) is 11.7. The minimum Gasteiger partial charge on any atom is -0.482 e. The third kappa shape index (κ3) is 9.13. The van der Waals surface area contributed by atoms with Crippen molar-refractivity contribution in [1.82, 2.24) is 0 Å². The van der Waals surface area contributed by atoms with Crippen molar-refractivity contribution >= 4 is 35.1 Å².